The molecular formula is C31H50O6Si2. The van der Waals surface area contributed by atoms with E-state index in [1.165, 1.54) is 0 Å². The predicted molar refractivity (Wildman–Crippen MR) is 159 cm³/mol. The lowest BCUT2D eigenvalue weighted by molar-refractivity contribution is -0.155. The Kier molecular flexibility index (Phi) is 8.79. The van der Waals surface area contributed by atoms with Crippen molar-refractivity contribution in [2.75, 3.05) is 13.2 Å². The van der Waals surface area contributed by atoms with Gasteiger partial charge in [0.25, 0.3) is 0 Å². The molecule has 2 fully saturated rings. The summed E-state index contributed by atoms with van der Waals surface area (Å²) in [5.74, 6) is -0.335. The molecule has 6 nitrogen and oxygen atoms in total. The summed E-state index contributed by atoms with van der Waals surface area (Å²) >= 11 is 0. The number of benzene rings is 1. The summed E-state index contributed by atoms with van der Waals surface area (Å²) in [5.41, 5.74) is 2.16. The van der Waals surface area contributed by atoms with Gasteiger partial charge in [-0.1, -0.05) is 65.8 Å². The quantitative estimate of drug-likeness (QED) is 0.243. The maximum absolute atomic E-state index is 13.7. The van der Waals surface area contributed by atoms with Gasteiger partial charge in [-0.3, -0.25) is 4.79 Å². The fraction of sp³-hybridized carbons (Fsp3) is 0.710. The molecular weight excluding hydrogens is 525 g/mol. The second-order valence-corrected chi connectivity index (χ2v) is 23.9. The number of rotatable bonds is 7. The van der Waals surface area contributed by atoms with E-state index in [9.17, 15) is 4.79 Å². The van der Waals surface area contributed by atoms with E-state index in [0.29, 0.717) is 12.4 Å². The first-order valence-corrected chi connectivity index (χ1v) is 20.4. The van der Waals surface area contributed by atoms with Crippen molar-refractivity contribution in [3.05, 3.63) is 47.2 Å². The summed E-state index contributed by atoms with van der Waals surface area (Å²) in [5, 5.41) is 0.0155. The normalized spacial score (nSPS) is 29.2. The van der Waals surface area contributed by atoms with E-state index >= 15 is 0 Å². The highest BCUT2D eigenvalue weighted by Crippen LogP contribution is 2.57. The number of carbonyl (C=O) groups excluding carboxylic acids is 1. The number of cyclic esters (lactones) is 1. The summed E-state index contributed by atoms with van der Waals surface area (Å²) in [7, 11) is -4.43. The zero-order chi connectivity index (χ0) is 28.8. The lowest BCUT2D eigenvalue weighted by Crippen LogP contribution is -2.48. The van der Waals surface area contributed by atoms with Gasteiger partial charge in [0.1, 0.15) is 5.76 Å². The summed E-state index contributed by atoms with van der Waals surface area (Å²) in [6.07, 6.45) is 4.12. The first-order valence-electron chi connectivity index (χ1n) is 14.6. The van der Waals surface area contributed by atoms with Crippen LogP contribution >= 0.6 is 0 Å². The Morgan fingerprint density at radius 2 is 1.41 bits per heavy atom. The van der Waals surface area contributed by atoms with Gasteiger partial charge in [0, 0.05) is 6.61 Å². The Morgan fingerprint density at radius 1 is 0.872 bits per heavy atom. The third-order valence-electron chi connectivity index (χ3n) is 9.63. The molecule has 2 saturated heterocycles. The summed E-state index contributed by atoms with van der Waals surface area (Å²) < 4.78 is 32.1. The van der Waals surface area contributed by atoms with E-state index in [4.69, 9.17) is 23.1 Å². The highest BCUT2D eigenvalue weighted by molar-refractivity contribution is 6.74. The molecule has 8 heteroatoms. The Hall–Kier alpha value is -1.30. The van der Waals surface area contributed by atoms with Crippen LogP contribution in [0.1, 0.15) is 84.1 Å². The van der Waals surface area contributed by atoms with Crippen molar-refractivity contribution in [2.24, 2.45) is 11.8 Å². The van der Waals surface area contributed by atoms with Crippen molar-refractivity contribution in [3.63, 3.8) is 0 Å². The van der Waals surface area contributed by atoms with Crippen LogP contribution in [0.5, 0.6) is 0 Å². The third-order valence-corrected chi connectivity index (χ3v) is 18.5. The van der Waals surface area contributed by atoms with Crippen LogP contribution in [-0.4, -0.2) is 42.1 Å². The molecule has 1 aromatic rings. The lowest BCUT2D eigenvalue weighted by atomic mass is 9.72. The van der Waals surface area contributed by atoms with Crippen LogP contribution in [0, 0.1) is 11.8 Å². The second kappa shape index (κ2) is 11.2. The number of fused-ring (bicyclic) bond motifs is 2. The molecule has 5 atom stereocenters. The van der Waals surface area contributed by atoms with Gasteiger partial charge in [0.2, 0.25) is 0 Å². The standard InChI is InChI=1S/C31H50O6Si2/c1-30(2,3)38(7,8)36-27-21-15-11-12-16-22(21)28(37-39(9,10)31(4,5)6)26-25(27)23(35-29(26)32)18-20-34-24-17-13-14-19-33-24/h11-12,15-16,18,24-28H,13-14,17,19-20H2,1-10H3/b23-18-/t24?,25-,26+,27+,28-/m1/s1. The Balaban J connectivity index is 1.76. The molecule has 1 aromatic carbocycles. The molecule has 1 aliphatic carbocycles. The third kappa shape index (κ3) is 6.31. The summed E-state index contributed by atoms with van der Waals surface area (Å²) in [4.78, 5) is 13.7. The smallest absolute Gasteiger partial charge is 0.317 e. The number of hydrogen-bond acceptors (Lipinski definition) is 6. The summed E-state index contributed by atoms with van der Waals surface area (Å²) in [6.45, 7) is 23.6. The minimum atomic E-state index is -2.22. The molecule has 0 N–H and O–H groups in total. The largest absolute Gasteiger partial charge is 0.431 e. The Bertz CT molecular complexity index is 1060. The first kappa shape index (κ1) is 30.7. The molecule has 0 saturated carbocycles. The second-order valence-electron chi connectivity index (χ2n) is 14.4. The monoisotopic (exact) mass is 574 g/mol. The molecule has 3 aliphatic rings. The number of ether oxygens (including phenoxy) is 3. The zero-order valence-electron chi connectivity index (χ0n) is 25.8. The fourth-order valence-corrected chi connectivity index (χ4v) is 7.69. The zero-order valence-corrected chi connectivity index (χ0v) is 27.8. The van der Waals surface area contributed by atoms with Crippen molar-refractivity contribution in [2.45, 2.75) is 116 Å². The molecule has 0 bridgehead atoms. The molecule has 1 unspecified atom stereocenters. The van der Waals surface area contributed by atoms with Crippen LogP contribution in [0.4, 0.5) is 0 Å². The highest BCUT2D eigenvalue weighted by Gasteiger charge is 2.58. The molecule has 2 heterocycles. The maximum Gasteiger partial charge on any atom is 0.317 e. The van der Waals surface area contributed by atoms with Crippen molar-refractivity contribution in [1.82, 2.24) is 0 Å². The molecule has 0 radical (unpaired) electrons. The van der Waals surface area contributed by atoms with Crippen LogP contribution in [0.25, 0.3) is 0 Å². The van der Waals surface area contributed by atoms with Crippen LogP contribution < -0.4 is 0 Å². The van der Waals surface area contributed by atoms with Gasteiger partial charge in [-0.2, -0.15) is 0 Å². The molecule has 0 aromatic heterocycles. The maximum atomic E-state index is 13.7. The molecule has 2 aliphatic heterocycles. The van der Waals surface area contributed by atoms with Crippen LogP contribution in [0.15, 0.2) is 36.1 Å². The molecule has 4 rings (SSSR count). The van der Waals surface area contributed by atoms with E-state index < -0.39 is 22.6 Å². The fourth-order valence-electron chi connectivity index (χ4n) is 5.16. The van der Waals surface area contributed by atoms with Gasteiger partial charge >= 0.3 is 5.97 Å². The highest BCUT2D eigenvalue weighted by atomic mass is 28.4. The predicted octanol–water partition coefficient (Wildman–Crippen LogP) is 8.04. The van der Waals surface area contributed by atoms with Crippen molar-refractivity contribution in [3.8, 4) is 0 Å². The number of carbonyl (C=O) groups is 1. The molecule has 0 amide bonds. The summed E-state index contributed by atoms with van der Waals surface area (Å²) in [6, 6.07) is 8.37. The van der Waals surface area contributed by atoms with Crippen LogP contribution in [-0.2, 0) is 27.9 Å². The van der Waals surface area contributed by atoms with Gasteiger partial charge in [0.15, 0.2) is 22.9 Å². The molecule has 0 spiro atoms. The Labute approximate surface area is 238 Å². The van der Waals surface area contributed by atoms with Crippen molar-refractivity contribution < 1.29 is 27.9 Å². The number of esters is 1. The number of hydrogen-bond donors (Lipinski definition) is 0. The lowest BCUT2D eigenvalue weighted by Gasteiger charge is -2.47. The van der Waals surface area contributed by atoms with Gasteiger partial charge in [-0.25, -0.2) is 0 Å². The average molecular weight is 575 g/mol. The minimum absolute atomic E-state index is 0.000936. The average Bonchev–Trinajstić information content (AvgIpc) is 3.16. The van der Waals surface area contributed by atoms with Gasteiger partial charge < -0.3 is 23.1 Å². The topological polar surface area (TPSA) is 63.2 Å². The van der Waals surface area contributed by atoms with Gasteiger partial charge in [-0.05, 0) is 72.7 Å². The SMILES string of the molecule is CC(C)(C)[Si](C)(C)O[C@@H]1c2ccccc2[C@H](O[Si](C)(C)C(C)(C)C)[C@@H]2/C(=C/COC3CCCCO3)OC(=O)[C@@H]21. The van der Waals surface area contributed by atoms with E-state index in [-0.39, 0.29) is 40.5 Å². The molecule has 218 valence electrons. The Morgan fingerprint density at radius 3 is 1.90 bits per heavy atom. The van der Waals surface area contributed by atoms with Crippen molar-refractivity contribution in [1.29, 1.82) is 0 Å². The molecule has 39 heavy (non-hydrogen) atoms. The van der Waals surface area contributed by atoms with Crippen molar-refractivity contribution >= 4 is 22.6 Å². The van der Waals surface area contributed by atoms with E-state index in [1.54, 1.807) is 0 Å². The van der Waals surface area contributed by atoms with Gasteiger partial charge in [-0.15, -0.1) is 0 Å². The van der Waals surface area contributed by atoms with Crippen LogP contribution in [0.3, 0.4) is 0 Å². The van der Waals surface area contributed by atoms with E-state index in [0.717, 1.165) is 37.0 Å². The first-order chi connectivity index (χ1) is 18.0. The minimum Gasteiger partial charge on any atom is -0.431 e. The van der Waals surface area contributed by atoms with E-state index in [1.807, 2.05) is 12.1 Å². The van der Waals surface area contributed by atoms with Crippen LogP contribution in [0.2, 0.25) is 36.3 Å². The van der Waals surface area contributed by atoms with E-state index in [2.05, 4.69) is 85.9 Å². The van der Waals surface area contributed by atoms with Gasteiger partial charge in [0.05, 0.1) is 30.7 Å².